The van der Waals surface area contributed by atoms with Crippen LogP contribution in [-0.2, 0) is 9.59 Å². The third-order valence-electron chi connectivity index (χ3n) is 5.38. The number of hydrogen-bond donors (Lipinski definition) is 2. The van der Waals surface area contributed by atoms with Gasteiger partial charge in [-0.3, -0.25) is 14.9 Å². The van der Waals surface area contributed by atoms with Crippen molar-refractivity contribution in [3.05, 3.63) is 36.4 Å². The number of amides is 2. The lowest BCUT2D eigenvalue weighted by atomic mass is 10.1. The van der Waals surface area contributed by atoms with Gasteiger partial charge in [-0.25, -0.2) is 4.99 Å². The summed E-state index contributed by atoms with van der Waals surface area (Å²) in [6.07, 6.45) is 7.89. The molecule has 30 heavy (non-hydrogen) atoms. The van der Waals surface area contributed by atoms with Gasteiger partial charge in [0.05, 0.1) is 6.54 Å². The number of benzene rings is 1. The summed E-state index contributed by atoms with van der Waals surface area (Å²) in [4.78, 5) is 33.6. The topological polar surface area (TPSA) is 101 Å². The minimum Gasteiger partial charge on any atom is -0.341 e. The normalized spacial score (nSPS) is 19.8. The Kier molecular flexibility index (Phi) is 7.44. The third kappa shape index (κ3) is 5.60. The van der Waals surface area contributed by atoms with Crippen LogP contribution in [0.1, 0.15) is 37.7 Å². The van der Waals surface area contributed by atoms with Crippen molar-refractivity contribution in [3.63, 3.8) is 0 Å². The maximum absolute atomic E-state index is 13.1. The highest BCUT2D eigenvalue weighted by Crippen LogP contribution is 2.17. The Morgan fingerprint density at radius 2 is 2.03 bits per heavy atom. The third-order valence-corrected chi connectivity index (χ3v) is 5.38. The van der Waals surface area contributed by atoms with E-state index in [0.29, 0.717) is 13.0 Å². The van der Waals surface area contributed by atoms with Gasteiger partial charge in [0, 0.05) is 25.3 Å². The molecule has 8 heteroatoms. The average Bonchev–Trinajstić information content (AvgIpc) is 3.24. The first-order chi connectivity index (χ1) is 14.6. The van der Waals surface area contributed by atoms with Gasteiger partial charge in [0.25, 0.3) is 0 Å². The molecular weight excluding hydrogens is 380 g/mol. The zero-order valence-electron chi connectivity index (χ0n) is 17.1. The van der Waals surface area contributed by atoms with Crippen molar-refractivity contribution in [3.8, 4) is 6.19 Å². The molecule has 2 fully saturated rings. The molecule has 2 amide bonds. The summed E-state index contributed by atoms with van der Waals surface area (Å²) >= 11 is 0. The van der Waals surface area contributed by atoms with Crippen molar-refractivity contribution >= 4 is 29.5 Å². The first-order valence-electron chi connectivity index (χ1n) is 10.4. The molecule has 2 aliphatic heterocycles. The van der Waals surface area contributed by atoms with E-state index in [-0.39, 0.29) is 24.3 Å². The van der Waals surface area contributed by atoms with Gasteiger partial charge in [-0.1, -0.05) is 24.8 Å². The number of nitrogens with one attached hydrogen (secondary N) is 2. The van der Waals surface area contributed by atoms with Crippen LogP contribution in [0.3, 0.4) is 0 Å². The Morgan fingerprint density at radius 3 is 2.77 bits per heavy atom. The van der Waals surface area contributed by atoms with E-state index in [1.807, 2.05) is 35.4 Å². The summed E-state index contributed by atoms with van der Waals surface area (Å²) in [5, 5.41) is 14.7. The first kappa shape index (κ1) is 21.4. The molecule has 1 aromatic rings. The summed E-state index contributed by atoms with van der Waals surface area (Å²) in [6.45, 7) is 5.95. The quantitative estimate of drug-likeness (QED) is 0.337. The van der Waals surface area contributed by atoms with E-state index in [9.17, 15) is 9.59 Å². The van der Waals surface area contributed by atoms with E-state index < -0.39 is 6.04 Å². The van der Waals surface area contributed by atoms with Crippen molar-refractivity contribution in [2.24, 2.45) is 4.99 Å². The number of likely N-dealkylation sites (tertiary alicyclic amines) is 2. The summed E-state index contributed by atoms with van der Waals surface area (Å²) in [7, 11) is 0. The molecule has 2 aliphatic rings. The van der Waals surface area contributed by atoms with Gasteiger partial charge in [0.2, 0.25) is 17.8 Å². The van der Waals surface area contributed by atoms with E-state index in [4.69, 9.17) is 5.26 Å². The largest absolute Gasteiger partial charge is 0.341 e. The summed E-state index contributed by atoms with van der Waals surface area (Å²) < 4.78 is 0. The lowest BCUT2D eigenvalue weighted by Gasteiger charge is -2.25. The van der Waals surface area contributed by atoms with E-state index in [0.717, 1.165) is 50.0 Å². The molecule has 3 rings (SSSR count). The number of nitrogens with zero attached hydrogens (tertiary/aromatic N) is 4. The highest BCUT2D eigenvalue weighted by Gasteiger charge is 2.30. The summed E-state index contributed by atoms with van der Waals surface area (Å²) in [6, 6.07) is 6.86. The molecule has 8 nitrogen and oxygen atoms in total. The van der Waals surface area contributed by atoms with E-state index in [1.165, 1.54) is 0 Å². The predicted molar refractivity (Wildman–Crippen MR) is 116 cm³/mol. The van der Waals surface area contributed by atoms with Crippen LogP contribution < -0.4 is 10.6 Å². The maximum Gasteiger partial charge on any atom is 0.247 e. The van der Waals surface area contributed by atoms with Crippen molar-refractivity contribution in [2.75, 3.05) is 31.5 Å². The van der Waals surface area contributed by atoms with Crippen LogP contribution in [0.4, 0.5) is 5.69 Å². The average molecular weight is 409 g/mol. The molecule has 158 valence electrons. The van der Waals surface area contributed by atoms with Crippen LogP contribution in [0.25, 0.3) is 6.08 Å². The molecule has 0 radical (unpaired) electrons. The number of rotatable bonds is 5. The van der Waals surface area contributed by atoms with Crippen molar-refractivity contribution in [2.45, 2.75) is 38.1 Å². The van der Waals surface area contributed by atoms with Gasteiger partial charge < -0.3 is 15.1 Å². The molecule has 2 N–H and O–H groups in total. The number of anilines is 1. The highest BCUT2D eigenvalue weighted by atomic mass is 16.2. The lowest BCUT2D eigenvalue weighted by molar-refractivity contribution is -0.140. The Hall–Kier alpha value is -3.34. The van der Waals surface area contributed by atoms with E-state index in [2.05, 4.69) is 22.2 Å². The molecule has 1 unspecified atom stereocenters. The minimum absolute atomic E-state index is 0.000202. The van der Waals surface area contributed by atoms with Gasteiger partial charge in [-0.15, -0.1) is 0 Å². The lowest BCUT2D eigenvalue weighted by Crippen LogP contribution is -2.45. The van der Waals surface area contributed by atoms with Crippen molar-refractivity contribution in [1.29, 1.82) is 5.26 Å². The minimum atomic E-state index is -0.634. The van der Waals surface area contributed by atoms with Crippen molar-refractivity contribution in [1.82, 2.24) is 15.1 Å². The molecule has 0 spiro atoms. The second-order valence-corrected chi connectivity index (χ2v) is 7.53. The fraction of sp³-hybridized carbons (Fsp3) is 0.455. The molecular formula is C22H28N6O2. The monoisotopic (exact) mass is 408 g/mol. The number of carbonyl (C=O) groups excluding carboxylic acids is 2. The van der Waals surface area contributed by atoms with Crippen LogP contribution >= 0.6 is 0 Å². The highest BCUT2D eigenvalue weighted by molar-refractivity contribution is 5.97. The summed E-state index contributed by atoms with van der Waals surface area (Å²) in [5.41, 5.74) is 1.66. The second-order valence-electron chi connectivity index (χ2n) is 7.53. The van der Waals surface area contributed by atoms with Crippen LogP contribution in [0.2, 0.25) is 0 Å². The first-order valence-corrected chi connectivity index (χ1v) is 10.4. The fourth-order valence-corrected chi connectivity index (χ4v) is 3.78. The molecule has 0 aliphatic carbocycles. The number of aliphatic imine (C=N–C) groups is 1. The number of carbonyl (C=O) groups is 2. The van der Waals surface area contributed by atoms with Crippen LogP contribution in [0.15, 0.2) is 35.8 Å². The predicted octanol–water partition coefficient (Wildman–Crippen LogP) is 2.17. The Bertz CT molecular complexity index is 853. The maximum atomic E-state index is 13.1. The Balaban J connectivity index is 1.73. The van der Waals surface area contributed by atoms with Crippen LogP contribution in [-0.4, -0.2) is 59.8 Å². The van der Waals surface area contributed by atoms with Crippen LogP contribution in [0.5, 0.6) is 0 Å². The molecule has 0 bridgehead atoms. The number of guanidine groups is 1. The van der Waals surface area contributed by atoms with Gasteiger partial charge in [-0.2, -0.15) is 5.26 Å². The van der Waals surface area contributed by atoms with Gasteiger partial charge >= 0.3 is 0 Å². The summed E-state index contributed by atoms with van der Waals surface area (Å²) in [5.74, 6) is 0.0453. The molecule has 2 heterocycles. The van der Waals surface area contributed by atoms with Crippen LogP contribution in [0, 0.1) is 11.5 Å². The zero-order chi connectivity index (χ0) is 21.3. The van der Waals surface area contributed by atoms with Crippen molar-refractivity contribution < 1.29 is 9.59 Å². The molecule has 2 saturated heterocycles. The molecule has 1 atom stereocenters. The molecule has 1 aromatic carbocycles. The van der Waals surface area contributed by atoms with Gasteiger partial charge in [0.1, 0.15) is 6.04 Å². The van der Waals surface area contributed by atoms with E-state index in [1.54, 1.807) is 11.0 Å². The molecule has 0 saturated carbocycles. The fourth-order valence-electron chi connectivity index (χ4n) is 3.78. The van der Waals surface area contributed by atoms with Gasteiger partial charge in [-0.05, 0) is 49.8 Å². The standard InChI is InChI=1S/C22H28N6O2/c1-2-17-8-7-9-18(14-17)25-22(24-16-23)26-19-10-3-4-13-28(21(19)30)15-20(29)27-11-5-6-12-27/h2,7-9,14,19H,1,3-6,10-13,15H2,(H2,24,25,26). The Labute approximate surface area is 177 Å². The Morgan fingerprint density at radius 1 is 1.27 bits per heavy atom. The van der Waals surface area contributed by atoms with E-state index >= 15 is 0 Å². The zero-order valence-corrected chi connectivity index (χ0v) is 17.1. The number of nitriles is 1. The SMILES string of the molecule is C=Cc1cccc(NC(=NC2CCCCN(CC(=O)N3CCCC3)C2=O)NC#N)c1. The number of hydrogen-bond acceptors (Lipinski definition) is 4. The smallest absolute Gasteiger partial charge is 0.247 e. The van der Waals surface area contributed by atoms with Gasteiger partial charge in [0.15, 0.2) is 6.19 Å². The molecule has 0 aromatic heterocycles. The second kappa shape index (κ2) is 10.4.